The van der Waals surface area contributed by atoms with Gasteiger partial charge in [0.2, 0.25) is 0 Å². The maximum absolute atomic E-state index is 11.5. The van der Waals surface area contributed by atoms with Crippen LogP contribution in [0.5, 0.6) is 0 Å². The third-order valence-electron chi connectivity index (χ3n) is 3.94. The minimum absolute atomic E-state index is 0.0985. The molecule has 2 N–H and O–H groups in total. The number of hydrogen-bond acceptors (Lipinski definition) is 2. The Labute approximate surface area is 107 Å². The molecule has 2 atom stereocenters. The molecule has 2 rings (SSSR count). The van der Waals surface area contributed by atoms with Gasteiger partial charge in [-0.3, -0.25) is 4.79 Å². The molecule has 0 bridgehead atoms. The van der Waals surface area contributed by atoms with Gasteiger partial charge in [0, 0.05) is 0 Å². The van der Waals surface area contributed by atoms with Crippen molar-refractivity contribution in [2.45, 2.75) is 38.7 Å². The van der Waals surface area contributed by atoms with Crippen LogP contribution in [0.25, 0.3) is 0 Å². The van der Waals surface area contributed by atoms with Crippen molar-refractivity contribution in [2.75, 3.05) is 0 Å². The van der Waals surface area contributed by atoms with E-state index in [2.05, 4.69) is 0 Å². The van der Waals surface area contributed by atoms with Crippen molar-refractivity contribution in [1.82, 2.24) is 0 Å². The topological polar surface area (TPSA) is 57.5 Å². The highest BCUT2D eigenvalue weighted by molar-refractivity contribution is 5.72. The van der Waals surface area contributed by atoms with Gasteiger partial charge in [-0.05, 0) is 36.3 Å². The first-order valence-corrected chi connectivity index (χ1v) is 6.50. The van der Waals surface area contributed by atoms with Crippen LogP contribution in [-0.2, 0) is 16.8 Å². The van der Waals surface area contributed by atoms with Crippen LogP contribution < -0.4 is 0 Å². The van der Waals surface area contributed by atoms with Gasteiger partial charge in [-0.2, -0.15) is 0 Å². The summed E-state index contributed by atoms with van der Waals surface area (Å²) in [7, 11) is 0. The summed E-state index contributed by atoms with van der Waals surface area (Å²) >= 11 is 0. The Morgan fingerprint density at radius 2 is 2.00 bits per heavy atom. The molecule has 3 heteroatoms. The van der Waals surface area contributed by atoms with Gasteiger partial charge in [-0.15, -0.1) is 0 Å². The number of hydrogen-bond donors (Lipinski definition) is 2. The molecule has 0 saturated carbocycles. The van der Waals surface area contributed by atoms with Crippen molar-refractivity contribution in [2.24, 2.45) is 11.8 Å². The average Bonchev–Trinajstić information content (AvgIpc) is 2.28. The van der Waals surface area contributed by atoms with E-state index in [4.69, 9.17) is 0 Å². The Bertz CT molecular complexity index is 453. The number of rotatable bonds is 3. The summed E-state index contributed by atoms with van der Waals surface area (Å²) in [5.74, 6) is -1.76. The number of aryl methyl sites for hydroxylation is 1. The number of aliphatic carboxylic acids is 1. The lowest BCUT2D eigenvalue weighted by Gasteiger charge is -2.40. The maximum Gasteiger partial charge on any atom is 0.310 e. The van der Waals surface area contributed by atoms with Gasteiger partial charge in [0.25, 0.3) is 0 Å². The second kappa shape index (κ2) is 4.73. The fourth-order valence-corrected chi connectivity index (χ4v) is 3.21. The molecule has 1 aliphatic carbocycles. The van der Waals surface area contributed by atoms with Gasteiger partial charge in [0.1, 0.15) is 5.60 Å². The quantitative estimate of drug-likeness (QED) is 0.864. The fourth-order valence-electron chi connectivity index (χ4n) is 3.21. The lowest BCUT2D eigenvalue weighted by molar-refractivity contribution is -0.158. The van der Waals surface area contributed by atoms with E-state index < -0.39 is 17.5 Å². The van der Waals surface area contributed by atoms with Gasteiger partial charge in [-0.25, -0.2) is 0 Å². The van der Waals surface area contributed by atoms with E-state index in [9.17, 15) is 15.0 Å². The van der Waals surface area contributed by atoms with Crippen LogP contribution in [0.3, 0.4) is 0 Å². The van der Waals surface area contributed by atoms with Crippen LogP contribution in [0.15, 0.2) is 24.3 Å². The van der Waals surface area contributed by atoms with Crippen molar-refractivity contribution in [3.05, 3.63) is 35.4 Å². The van der Waals surface area contributed by atoms with Gasteiger partial charge in [0.15, 0.2) is 0 Å². The molecule has 1 aliphatic rings. The van der Waals surface area contributed by atoms with Crippen molar-refractivity contribution in [1.29, 1.82) is 0 Å². The Hall–Kier alpha value is -1.35. The largest absolute Gasteiger partial charge is 0.481 e. The summed E-state index contributed by atoms with van der Waals surface area (Å²) in [5.41, 5.74) is 0.657. The molecule has 0 aliphatic heterocycles. The molecule has 2 unspecified atom stereocenters. The first kappa shape index (κ1) is 13.1. The minimum atomic E-state index is -1.23. The second-order valence-electron chi connectivity index (χ2n) is 5.49. The summed E-state index contributed by atoms with van der Waals surface area (Å²) in [6.45, 7) is 3.71. The number of carboxylic acid groups (broad SMARTS) is 1. The number of aliphatic hydroxyl groups is 1. The minimum Gasteiger partial charge on any atom is -0.481 e. The molecule has 1 aromatic carbocycles. The third-order valence-corrected chi connectivity index (χ3v) is 3.94. The standard InChI is InChI=1S/C15H20O3/c1-10(2)13(14(16)17)15(18)9-5-7-11-6-3-4-8-12(11)15/h3-4,6,8,10,13,18H,5,7,9H2,1-2H3,(H,16,17). The van der Waals surface area contributed by atoms with Gasteiger partial charge in [-0.1, -0.05) is 38.1 Å². The van der Waals surface area contributed by atoms with Crippen LogP contribution in [0.4, 0.5) is 0 Å². The van der Waals surface area contributed by atoms with Crippen molar-refractivity contribution in [3.63, 3.8) is 0 Å². The third kappa shape index (κ3) is 2.03. The molecule has 0 aromatic heterocycles. The lowest BCUT2D eigenvalue weighted by Crippen LogP contribution is -2.45. The van der Waals surface area contributed by atoms with Crippen molar-refractivity contribution < 1.29 is 15.0 Å². The molecule has 1 aromatic rings. The van der Waals surface area contributed by atoms with E-state index in [0.717, 1.165) is 24.0 Å². The molecule has 0 saturated heterocycles. The van der Waals surface area contributed by atoms with Gasteiger partial charge < -0.3 is 10.2 Å². The highest BCUT2D eigenvalue weighted by Gasteiger charge is 2.46. The molecule has 0 heterocycles. The Kier molecular flexibility index (Phi) is 3.44. The van der Waals surface area contributed by atoms with Crippen LogP contribution in [0.1, 0.15) is 37.8 Å². The van der Waals surface area contributed by atoms with E-state index in [-0.39, 0.29) is 5.92 Å². The molecule has 0 fully saturated rings. The van der Waals surface area contributed by atoms with Crippen LogP contribution in [0.2, 0.25) is 0 Å². The van der Waals surface area contributed by atoms with E-state index >= 15 is 0 Å². The molecular weight excluding hydrogens is 228 g/mol. The normalized spacial score (nSPS) is 24.7. The predicted octanol–water partition coefficient (Wildman–Crippen LogP) is 2.57. The molecule has 0 radical (unpaired) electrons. The SMILES string of the molecule is CC(C)C(C(=O)O)C1(O)CCCc2ccccc21. The van der Waals surface area contributed by atoms with Crippen molar-refractivity contribution >= 4 is 5.97 Å². The Balaban J connectivity index is 2.51. The lowest BCUT2D eigenvalue weighted by atomic mass is 9.68. The first-order valence-electron chi connectivity index (χ1n) is 6.50. The van der Waals surface area contributed by atoms with Gasteiger partial charge >= 0.3 is 5.97 Å². The molecule has 18 heavy (non-hydrogen) atoms. The van der Waals surface area contributed by atoms with E-state index in [1.807, 2.05) is 38.1 Å². The zero-order valence-corrected chi connectivity index (χ0v) is 10.9. The van der Waals surface area contributed by atoms with Crippen LogP contribution >= 0.6 is 0 Å². The molecule has 98 valence electrons. The van der Waals surface area contributed by atoms with Crippen LogP contribution in [0, 0.1) is 11.8 Å². The fraction of sp³-hybridized carbons (Fsp3) is 0.533. The number of benzene rings is 1. The maximum atomic E-state index is 11.5. The summed E-state index contributed by atoms with van der Waals surface area (Å²) in [4.78, 5) is 11.5. The van der Waals surface area contributed by atoms with Gasteiger partial charge in [0.05, 0.1) is 5.92 Å². The Morgan fingerprint density at radius 3 is 2.61 bits per heavy atom. The monoisotopic (exact) mass is 248 g/mol. The summed E-state index contributed by atoms with van der Waals surface area (Å²) in [6.07, 6.45) is 2.28. The highest BCUT2D eigenvalue weighted by Crippen LogP contribution is 2.43. The van der Waals surface area contributed by atoms with E-state index in [0.29, 0.717) is 6.42 Å². The number of carboxylic acids is 1. The first-order chi connectivity index (χ1) is 8.47. The van der Waals surface area contributed by atoms with E-state index in [1.54, 1.807) is 0 Å². The smallest absolute Gasteiger partial charge is 0.310 e. The number of fused-ring (bicyclic) bond motifs is 1. The zero-order valence-electron chi connectivity index (χ0n) is 10.9. The molecular formula is C15H20O3. The summed E-state index contributed by atoms with van der Waals surface area (Å²) in [5, 5.41) is 20.4. The molecule has 0 spiro atoms. The zero-order chi connectivity index (χ0) is 13.3. The molecule has 3 nitrogen and oxygen atoms in total. The van der Waals surface area contributed by atoms with Crippen LogP contribution in [-0.4, -0.2) is 16.2 Å². The van der Waals surface area contributed by atoms with E-state index in [1.165, 1.54) is 0 Å². The molecule has 0 amide bonds. The second-order valence-corrected chi connectivity index (χ2v) is 5.49. The summed E-state index contributed by atoms with van der Waals surface area (Å²) in [6, 6.07) is 7.66. The number of carbonyl (C=O) groups is 1. The highest BCUT2D eigenvalue weighted by atomic mass is 16.4. The van der Waals surface area contributed by atoms with Crippen molar-refractivity contribution in [3.8, 4) is 0 Å². The predicted molar refractivity (Wildman–Crippen MR) is 69.2 cm³/mol. The average molecular weight is 248 g/mol. The summed E-state index contributed by atoms with van der Waals surface area (Å²) < 4.78 is 0. The Morgan fingerprint density at radius 1 is 1.33 bits per heavy atom.